The smallest absolute Gasteiger partial charge is 0.0630 e. The van der Waals surface area contributed by atoms with Crippen molar-refractivity contribution in [1.29, 1.82) is 0 Å². The second-order valence-corrected chi connectivity index (χ2v) is 12.7. The zero-order valence-corrected chi connectivity index (χ0v) is 25.9. The Bertz CT molecular complexity index is 2510. The minimum absolute atomic E-state index is 0.250. The highest BCUT2D eigenvalue weighted by molar-refractivity contribution is 7.80. The Kier molecular flexibility index (Phi) is 6.01. The molecule has 1 aliphatic rings. The van der Waals surface area contributed by atoms with Gasteiger partial charge in [-0.1, -0.05) is 128 Å². The van der Waals surface area contributed by atoms with Crippen molar-refractivity contribution in [1.82, 2.24) is 4.57 Å². The highest BCUT2D eigenvalue weighted by Crippen LogP contribution is 2.48. The van der Waals surface area contributed by atoms with Crippen molar-refractivity contribution in [2.45, 2.75) is 17.7 Å². The van der Waals surface area contributed by atoms with Gasteiger partial charge in [0, 0.05) is 32.7 Å². The predicted molar refractivity (Wildman–Crippen MR) is 196 cm³/mol. The van der Waals surface area contributed by atoms with Gasteiger partial charge in [-0.05, 0) is 79.9 Å². The summed E-state index contributed by atoms with van der Waals surface area (Å²) < 4.78 is 2.44. The van der Waals surface area contributed by atoms with Gasteiger partial charge in [0.25, 0.3) is 0 Å². The van der Waals surface area contributed by atoms with Crippen LogP contribution in [0, 0.1) is 5.92 Å². The number of hydrogen-bond acceptors (Lipinski definition) is 1. The molecular weight excluding hydrogens is 563 g/mol. The minimum atomic E-state index is 0.250. The first-order chi connectivity index (χ1) is 22.2. The van der Waals surface area contributed by atoms with Crippen LogP contribution in [0.4, 0.5) is 0 Å². The highest BCUT2D eigenvalue weighted by Gasteiger charge is 2.27. The minimum Gasteiger partial charge on any atom is -0.309 e. The first kappa shape index (κ1) is 26.4. The standard InChI is InChI=1S/C43H31NS/c1-27-13-5-7-17-31(27)40-35-21-11-12-22-36(35)42-41(43(40)45)38-26-29(23-24-39(38)44(42)30-15-3-2-4-16-30)37-25-28-14-6-8-18-32(28)33-19-9-10-20-34(33)37/h2-27,31,45H,1H3. The van der Waals surface area contributed by atoms with E-state index in [2.05, 4.69) is 163 Å². The second kappa shape index (κ2) is 10.3. The lowest BCUT2D eigenvalue weighted by molar-refractivity contribution is 0.632. The molecule has 1 aromatic heterocycles. The summed E-state index contributed by atoms with van der Waals surface area (Å²) in [7, 11) is 0. The number of fused-ring (bicyclic) bond motifs is 8. The summed E-state index contributed by atoms with van der Waals surface area (Å²) in [5.41, 5.74) is 7.33. The van der Waals surface area contributed by atoms with Crippen molar-refractivity contribution >= 4 is 66.8 Å². The van der Waals surface area contributed by atoms with Crippen molar-refractivity contribution in [3.63, 3.8) is 0 Å². The SMILES string of the molecule is CC1C=CC=CC1c1c(S)c2c3cc(-c4cc5ccccc5c5ccccc45)ccc3n(-c3ccccc3)c2c2ccccc12. The van der Waals surface area contributed by atoms with Gasteiger partial charge < -0.3 is 4.57 Å². The maximum Gasteiger partial charge on any atom is 0.0630 e. The third kappa shape index (κ3) is 3.96. The molecule has 0 saturated carbocycles. The van der Waals surface area contributed by atoms with Crippen molar-refractivity contribution in [3.05, 3.63) is 157 Å². The van der Waals surface area contributed by atoms with Crippen molar-refractivity contribution < 1.29 is 0 Å². The Hall–Kier alpha value is -5.05. The lowest BCUT2D eigenvalue weighted by atomic mass is 9.81. The van der Waals surface area contributed by atoms with E-state index in [1.807, 2.05) is 0 Å². The summed E-state index contributed by atoms with van der Waals surface area (Å²) in [6, 6.07) is 46.6. The Morgan fingerprint density at radius 3 is 2.04 bits per heavy atom. The lowest BCUT2D eigenvalue weighted by Crippen LogP contribution is -2.09. The summed E-state index contributed by atoms with van der Waals surface area (Å²) in [4.78, 5) is 1.07. The fourth-order valence-corrected chi connectivity index (χ4v) is 8.19. The Balaban J connectivity index is 1.44. The van der Waals surface area contributed by atoms with E-state index in [9.17, 15) is 0 Å². The molecule has 0 saturated heterocycles. The maximum atomic E-state index is 5.45. The van der Waals surface area contributed by atoms with Gasteiger partial charge in [0.05, 0.1) is 11.0 Å². The monoisotopic (exact) mass is 593 g/mol. The summed E-state index contributed by atoms with van der Waals surface area (Å²) in [5.74, 6) is 0.628. The summed E-state index contributed by atoms with van der Waals surface area (Å²) >= 11 is 5.45. The Morgan fingerprint density at radius 1 is 0.578 bits per heavy atom. The molecule has 214 valence electrons. The van der Waals surface area contributed by atoms with E-state index in [0.29, 0.717) is 5.92 Å². The number of rotatable bonds is 3. The molecule has 8 aromatic rings. The molecule has 1 heterocycles. The van der Waals surface area contributed by atoms with Gasteiger partial charge in [-0.2, -0.15) is 0 Å². The molecule has 0 N–H and O–H groups in total. The molecule has 0 fully saturated rings. The highest BCUT2D eigenvalue weighted by atomic mass is 32.1. The van der Waals surface area contributed by atoms with Gasteiger partial charge in [0.2, 0.25) is 0 Å². The largest absolute Gasteiger partial charge is 0.309 e. The molecule has 45 heavy (non-hydrogen) atoms. The van der Waals surface area contributed by atoms with Crippen molar-refractivity contribution in [2.75, 3.05) is 0 Å². The van der Waals surface area contributed by atoms with Crippen LogP contribution in [-0.2, 0) is 0 Å². The average molecular weight is 594 g/mol. The van der Waals surface area contributed by atoms with E-state index < -0.39 is 0 Å². The average Bonchev–Trinajstić information content (AvgIpc) is 3.44. The molecule has 0 spiro atoms. The van der Waals surface area contributed by atoms with Crippen LogP contribution in [0.15, 0.2) is 157 Å². The van der Waals surface area contributed by atoms with Crippen LogP contribution in [0.2, 0.25) is 0 Å². The molecule has 9 rings (SSSR count). The zero-order valence-electron chi connectivity index (χ0n) is 25.0. The summed E-state index contributed by atoms with van der Waals surface area (Å²) in [6.07, 6.45) is 9.02. The lowest BCUT2D eigenvalue weighted by Gasteiger charge is -2.25. The summed E-state index contributed by atoms with van der Waals surface area (Å²) in [5, 5.41) is 10.1. The van der Waals surface area contributed by atoms with Gasteiger partial charge in [-0.3, -0.25) is 0 Å². The molecule has 0 bridgehead atoms. The van der Waals surface area contributed by atoms with Crippen LogP contribution >= 0.6 is 12.6 Å². The third-order valence-corrected chi connectivity index (χ3v) is 10.2. The van der Waals surface area contributed by atoms with E-state index in [4.69, 9.17) is 12.6 Å². The van der Waals surface area contributed by atoms with E-state index in [-0.39, 0.29) is 5.92 Å². The number of benzene rings is 7. The van der Waals surface area contributed by atoms with Crippen LogP contribution in [-0.4, -0.2) is 4.57 Å². The van der Waals surface area contributed by atoms with Crippen LogP contribution in [0.25, 0.3) is 70.9 Å². The molecule has 0 aliphatic heterocycles. The molecule has 2 atom stereocenters. The molecule has 2 unspecified atom stereocenters. The van der Waals surface area contributed by atoms with Crippen LogP contribution in [0.3, 0.4) is 0 Å². The van der Waals surface area contributed by atoms with E-state index in [0.717, 1.165) is 10.6 Å². The predicted octanol–water partition coefficient (Wildman–Crippen LogP) is 12.0. The molecule has 1 aliphatic carbocycles. The third-order valence-electron chi connectivity index (χ3n) is 9.77. The molecule has 1 nitrogen and oxygen atoms in total. The van der Waals surface area contributed by atoms with Gasteiger partial charge >= 0.3 is 0 Å². The van der Waals surface area contributed by atoms with Crippen LogP contribution < -0.4 is 0 Å². The molecule has 0 radical (unpaired) electrons. The van der Waals surface area contributed by atoms with E-state index in [1.54, 1.807) is 0 Å². The van der Waals surface area contributed by atoms with Gasteiger partial charge in [-0.15, -0.1) is 12.6 Å². The van der Waals surface area contributed by atoms with Crippen LogP contribution in [0.5, 0.6) is 0 Å². The quantitative estimate of drug-likeness (QED) is 0.154. The number of thiol groups is 1. The molecule has 7 aromatic carbocycles. The Labute approximate surface area is 268 Å². The number of hydrogen-bond donors (Lipinski definition) is 1. The second-order valence-electron chi connectivity index (χ2n) is 12.3. The van der Waals surface area contributed by atoms with E-state index >= 15 is 0 Å². The number of nitrogens with zero attached hydrogens (tertiary/aromatic N) is 1. The summed E-state index contributed by atoms with van der Waals surface area (Å²) in [6.45, 7) is 2.31. The van der Waals surface area contributed by atoms with Crippen molar-refractivity contribution in [3.8, 4) is 16.8 Å². The van der Waals surface area contributed by atoms with Crippen LogP contribution in [0.1, 0.15) is 18.4 Å². The first-order valence-corrected chi connectivity index (χ1v) is 16.2. The van der Waals surface area contributed by atoms with E-state index in [1.165, 1.54) is 70.8 Å². The zero-order chi connectivity index (χ0) is 30.1. The fourth-order valence-electron chi connectivity index (χ4n) is 7.69. The van der Waals surface area contributed by atoms with Gasteiger partial charge in [0.15, 0.2) is 0 Å². The molecule has 2 heteroatoms. The van der Waals surface area contributed by atoms with Gasteiger partial charge in [-0.25, -0.2) is 0 Å². The molecule has 0 amide bonds. The van der Waals surface area contributed by atoms with Gasteiger partial charge in [0.1, 0.15) is 0 Å². The maximum absolute atomic E-state index is 5.45. The number of aromatic nitrogens is 1. The Morgan fingerprint density at radius 2 is 1.24 bits per heavy atom. The number of allylic oxidation sites excluding steroid dienone is 4. The topological polar surface area (TPSA) is 4.93 Å². The van der Waals surface area contributed by atoms with Crippen molar-refractivity contribution in [2.24, 2.45) is 5.92 Å². The fraction of sp³-hybridized carbons (Fsp3) is 0.0698. The molecular formula is C43H31NS. The normalized spacial score (nSPS) is 16.5. The number of para-hydroxylation sites is 1. The first-order valence-electron chi connectivity index (χ1n) is 15.7.